The molecule has 1 heterocycles. The molecule has 1 N–H and O–H groups in total. The number of hydrogen-bond acceptors (Lipinski definition) is 5. The molecule has 1 aromatic rings. The third-order valence-electron chi connectivity index (χ3n) is 2.15. The van der Waals surface area contributed by atoms with Crippen LogP contribution >= 0.6 is 0 Å². The van der Waals surface area contributed by atoms with E-state index in [2.05, 4.69) is 17.1 Å². The SMILES string of the molecule is CCCCc1nc(CN(C)CCO)no1. The zero-order valence-corrected chi connectivity index (χ0v) is 9.44. The maximum Gasteiger partial charge on any atom is 0.226 e. The van der Waals surface area contributed by atoms with Crippen molar-refractivity contribution in [3.63, 3.8) is 0 Å². The van der Waals surface area contributed by atoms with E-state index >= 15 is 0 Å². The Kier molecular flexibility index (Phi) is 5.28. The number of aromatic nitrogens is 2. The van der Waals surface area contributed by atoms with Gasteiger partial charge in [-0.05, 0) is 13.5 Å². The van der Waals surface area contributed by atoms with Crippen molar-refractivity contribution in [2.45, 2.75) is 32.7 Å². The van der Waals surface area contributed by atoms with Gasteiger partial charge < -0.3 is 9.63 Å². The zero-order valence-electron chi connectivity index (χ0n) is 9.44. The molecule has 0 aromatic carbocycles. The molecule has 0 saturated carbocycles. The summed E-state index contributed by atoms with van der Waals surface area (Å²) >= 11 is 0. The third kappa shape index (κ3) is 4.40. The molecule has 86 valence electrons. The van der Waals surface area contributed by atoms with Gasteiger partial charge in [0.05, 0.1) is 13.2 Å². The smallest absolute Gasteiger partial charge is 0.226 e. The lowest BCUT2D eigenvalue weighted by Gasteiger charge is -2.11. The minimum absolute atomic E-state index is 0.150. The van der Waals surface area contributed by atoms with Crippen molar-refractivity contribution >= 4 is 0 Å². The molecule has 1 rings (SSSR count). The van der Waals surface area contributed by atoms with E-state index < -0.39 is 0 Å². The molecule has 5 heteroatoms. The summed E-state index contributed by atoms with van der Waals surface area (Å²) in [7, 11) is 1.91. The first-order valence-electron chi connectivity index (χ1n) is 5.37. The number of hydrogen-bond donors (Lipinski definition) is 1. The van der Waals surface area contributed by atoms with Crippen LogP contribution in [0.3, 0.4) is 0 Å². The number of aliphatic hydroxyl groups is 1. The summed E-state index contributed by atoms with van der Waals surface area (Å²) in [5.41, 5.74) is 0. The van der Waals surface area contributed by atoms with Crippen LogP contribution in [0.2, 0.25) is 0 Å². The number of aryl methyl sites for hydroxylation is 1. The lowest BCUT2D eigenvalue weighted by atomic mass is 10.2. The number of unbranched alkanes of at least 4 members (excludes halogenated alkanes) is 1. The minimum Gasteiger partial charge on any atom is -0.395 e. The Balaban J connectivity index is 2.38. The maximum atomic E-state index is 8.73. The van der Waals surface area contributed by atoms with Gasteiger partial charge in [-0.1, -0.05) is 18.5 Å². The molecule has 0 unspecified atom stereocenters. The quantitative estimate of drug-likeness (QED) is 0.727. The van der Waals surface area contributed by atoms with Crippen LogP contribution < -0.4 is 0 Å². The van der Waals surface area contributed by atoms with Gasteiger partial charge in [-0.25, -0.2) is 0 Å². The van der Waals surface area contributed by atoms with Crippen molar-refractivity contribution in [2.75, 3.05) is 20.2 Å². The molecule has 0 aliphatic carbocycles. The van der Waals surface area contributed by atoms with Gasteiger partial charge in [-0.2, -0.15) is 4.98 Å². The average Bonchev–Trinajstić information content (AvgIpc) is 2.63. The van der Waals surface area contributed by atoms with Crippen molar-refractivity contribution in [3.05, 3.63) is 11.7 Å². The van der Waals surface area contributed by atoms with E-state index in [0.29, 0.717) is 24.8 Å². The van der Waals surface area contributed by atoms with Crippen molar-refractivity contribution in [2.24, 2.45) is 0 Å². The highest BCUT2D eigenvalue weighted by Crippen LogP contribution is 2.04. The van der Waals surface area contributed by atoms with Gasteiger partial charge in [0.1, 0.15) is 0 Å². The molecular formula is C10H19N3O2. The van der Waals surface area contributed by atoms with Gasteiger partial charge in [0.15, 0.2) is 5.82 Å². The largest absolute Gasteiger partial charge is 0.395 e. The Morgan fingerprint density at radius 3 is 2.93 bits per heavy atom. The molecule has 0 bridgehead atoms. The number of likely N-dealkylation sites (N-methyl/N-ethyl adjacent to an activating group) is 1. The standard InChI is InChI=1S/C10H19N3O2/c1-3-4-5-10-11-9(12-15-10)8-13(2)6-7-14/h14H,3-8H2,1-2H3. The van der Waals surface area contributed by atoms with Crippen molar-refractivity contribution < 1.29 is 9.63 Å². The lowest BCUT2D eigenvalue weighted by molar-refractivity contribution is 0.213. The van der Waals surface area contributed by atoms with Gasteiger partial charge in [0, 0.05) is 13.0 Å². The van der Waals surface area contributed by atoms with Crippen molar-refractivity contribution in [3.8, 4) is 0 Å². The van der Waals surface area contributed by atoms with Gasteiger partial charge >= 0.3 is 0 Å². The predicted octanol–water partition coefficient (Wildman–Crippen LogP) is 0.836. The molecule has 5 nitrogen and oxygen atoms in total. The van der Waals surface area contributed by atoms with E-state index in [-0.39, 0.29) is 6.61 Å². The first kappa shape index (κ1) is 12.1. The zero-order chi connectivity index (χ0) is 11.1. The molecule has 0 saturated heterocycles. The van der Waals surface area contributed by atoms with E-state index in [1.807, 2.05) is 11.9 Å². The Labute approximate surface area is 90.1 Å². The van der Waals surface area contributed by atoms with E-state index in [4.69, 9.17) is 9.63 Å². The number of aliphatic hydroxyl groups excluding tert-OH is 1. The fourth-order valence-electron chi connectivity index (χ4n) is 1.28. The molecule has 0 aliphatic rings. The Bertz CT molecular complexity index is 275. The summed E-state index contributed by atoms with van der Waals surface area (Å²) in [6.45, 7) is 3.53. The summed E-state index contributed by atoms with van der Waals surface area (Å²) in [6.07, 6.45) is 3.06. The number of nitrogens with zero attached hydrogens (tertiary/aromatic N) is 3. The highest BCUT2D eigenvalue weighted by Gasteiger charge is 2.07. The van der Waals surface area contributed by atoms with E-state index in [0.717, 1.165) is 19.3 Å². The van der Waals surface area contributed by atoms with Crippen LogP contribution in [0.1, 0.15) is 31.5 Å². The van der Waals surface area contributed by atoms with Gasteiger partial charge in [0.2, 0.25) is 5.89 Å². The fraction of sp³-hybridized carbons (Fsp3) is 0.800. The van der Waals surface area contributed by atoms with Crippen LogP contribution in [0.4, 0.5) is 0 Å². The Hall–Kier alpha value is -0.940. The topological polar surface area (TPSA) is 62.4 Å². The van der Waals surface area contributed by atoms with Crippen LogP contribution in [-0.4, -0.2) is 40.3 Å². The maximum absolute atomic E-state index is 8.73. The molecule has 1 aromatic heterocycles. The average molecular weight is 213 g/mol. The summed E-state index contributed by atoms with van der Waals surface area (Å²) in [5.74, 6) is 1.40. The molecule has 0 spiro atoms. The van der Waals surface area contributed by atoms with Gasteiger partial charge in [-0.3, -0.25) is 4.90 Å². The highest BCUT2D eigenvalue weighted by atomic mass is 16.5. The second kappa shape index (κ2) is 6.53. The summed E-state index contributed by atoms with van der Waals surface area (Å²) in [5, 5.41) is 12.6. The Morgan fingerprint density at radius 1 is 1.47 bits per heavy atom. The van der Waals surface area contributed by atoms with Gasteiger partial charge in [-0.15, -0.1) is 0 Å². The first-order chi connectivity index (χ1) is 7.26. The summed E-state index contributed by atoms with van der Waals surface area (Å²) in [4.78, 5) is 6.22. The van der Waals surface area contributed by atoms with Crippen molar-refractivity contribution in [1.82, 2.24) is 15.0 Å². The highest BCUT2D eigenvalue weighted by molar-refractivity contribution is 4.86. The van der Waals surface area contributed by atoms with Crippen LogP contribution in [-0.2, 0) is 13.0 Å². The van der Waals surface area contributed by atoms with E-state index in [1.165, 1.54) is 0 Å². The third-order valence-corrected chi connectivity index (χ3v) is 2.15. The molecule has 15 heavy (non-hydrogen) atoms. The Morgan fingerprint density at radius 2 is 2.27 bits per heavy atom. The molecule has 0 fully saturated rings. The monoisotopic (exact) mass is 213 g/mol. The number of rotatable bonds is 7. The fourth-order valence-corrected chi connectivity index (χ4v) is 1.28. The van der Waals surface area contributed by atoms with E-state index in [9.17, 15) is 0 Å². The lowest BCUT2D eigenvalue weighted by Crippen LogP contribution is -2.22. The van der Waals surface area contributed by atoms with E-state index in [1.54, 1.807) is 0 Å². The molecule has 0 aliphatic heterocycles. The summed E-state index contributed by atoms with van der Waals surface area (Å²) < 4.78 is 5.10. The van der Waals surface area contributed by atoms with Crippen molar-refractivity contribution in [1.29, 1.82) is 0 Å². The van der Waals surface area contributed by atoms with Crippen LogP contribution in [0.5, 0.6) is 0 Å². The second-order valence-electron chi connectivity index (χ2n) is 3.67. The molecule has 0 atom stereocenters. The van der Waals surface area contributed by atoms with Gasteiger partial charge in [0.25, 0.3) is 0 Å². The molecular weight excluding hydrogens is 194 g/mol. The summed E-state index contributed by atoms with van der Waals surface area (Å²) in [6, 6.07) is 0. The first-order valence-corrected chi connectivity index (χ1v) is 5.37. The molecule has 0 radical (unpaired) electrons. The van der Waals surface area contributed by atoms with Crippen LogP contribution in [0, 0.1) is 0 Å². The second-order valence-corrected chi connectivity index (χ2v) is 3.67. The molecule has 0 amide bonds. The van der Waals surface area contributed by atoms with Crippen LogP contribution in [0.15, 0.2) is 4.52 Å². The predicted molar refractivity (Wildman–Crippen MR) is 56.3 cm³/mol. The van der Waals surface area contributed by atoms with Crippen LogP contribution in [0.25, 0.3) is 0 Å². The normalized spacial score (nSPS) is 11.2. The minimum atomic E-state index is 0.150.